The minimum atomic E-state index is 0. The average molecular weight is 393 g/mol. The van der Waals surface area contributed by atoms with Crippen LogP contribution in [0.4, 0.5) is 0 Å². The fourth-order valence-electron chi connectivity index (χ4n) is 1.58. The molecule has 3 rings (SSSR count). The van der Waals surface area contributed by atoms with Crippen LogP contribution < -0.4 is 0 Å². The molecule has 3 heteroatoms. The van der Waals surface area contributed by atoms with Gasteiger partial charge in [-0.25, -0.2) is 24.3 Å². The first-order valence-corrected chi connectivity index (χ1v) is 6.25. The first kappa shape index (κ1) is 28.6. The molecule has 0 saturated heterocycles. The average Bonchev–Trinajstić information content (AvgIpc) is 3.10. The van der Waals surface area contributed by atoms with Crippen LogP contribution in [0, 0.1) is 26.0 Å². The molecule has 0 spiro atoms. The van der Waals surface area contributed by atoms with Crippen molar-refractivity contribution in [1.82, 2.24) is 0 Å². The van der Waals surface area contributed by atoms with Gasteiger partial charge in [-0.3, -0.25) is 12.2 Å². The number of allylic oxidation sites excluding steroid dienone is 8. The van der Waals surface area contributed by atoms with Gasteiger partial charge in [-0.1, -0.05) is 19.3 Å². The Morgan fingerprint density at radius 1 is 0.750 bits per heavy atom. The summed E-state index contributed by atoms with van der Waals surface area (Å²) in [6, 6.07) is 0. The van der Waals surface area contributed by atoms with Gasteiger partial charge >= 0.3 is 26.2 Å². The standard InChI is InChI=1S/C6H11.2C5H5.CH3.2ClH.Zr/c1-2-4-6-5-3-1;2*1-2-4-5-3-1;;;;/h1H,2-6H2;2*1-3H,4H2;1H3;2*1H;/q4*-1;;;+4. The number of halogens is 2. The molecule has 3 aliphatic rings. The second-order valence-corrected chi connectivity index (χ2v) is 3.93. The zero-order valence-electron chi connectivity index (χ0n) is 12.3. The summed E-state index contributed by atoms with van der Waals surface area (Å²) in [6.45, 7) is 0. The maximum absolute atomic E-state index is 2.99. The first-order valence-electron chi connectivity index (χ1n) is 6.25. The molecule has 112 valence electrons. The van der Waals surface area contributed by atoms with Crippen LogP contribution in [0.2, 0.25) is 0 Å². The Balaban J connectivity index is -0.0000000876. The van der Waals surface area contributed by atoms with Gasteiger partial charge in [0.1, 0.15) is 0 Å². The maximum Gasteiger partial charge on any atom is 4.00 e. The van der Waals surface area contributed by atoms with E-state index < -0.39 is 0 Å². The van der Waals surface area contributed by atoms with Crippen molar-refractivity contribution in [2.75, 3.05) is 0 Å². The number of hydrogen-bond donors (Lipinski definition) is 0. The van der Waals surface area contributed by atoms with Crippen LogP contribution in [0.3, 0.4) is 0 Å². The summed E-state index contributed by atoms with van der Waals surface area (Å²) in [6.07, 6.45) is 29.5. The van der Waals surface area contributed by atoms with E-state index in [4.69, 9.17) is 0 Å². The van der Waals surface area contributed by atoms with E-state index in [0.29, 0.717) is 0 Å². The zero-order valence-corrected chi connectivity index (χ0v) is 16.4. The molecule has 0 bridgehead atoms. The van der Waals surface area contributed by atoms with E-state index in [2.05, 4.69) is 30.7 Å². The van der Waals surface area contributed by atoms with Gasteiger partial charge in [-0.05, 0) is 0 Å². The van der Waals surface area contributed by atoms with Crippen molar-refractivity contribution in [3.05, 3.63) is 62.5 Å². The third-order valence-corrected chi connectivity index (χ3v) is 2.49. The molecule has 0 aromatic heterocycles. The topological polar surface area (TPSA) is 0 Å². The molecule has 3 aliphatic carbocycles. The van der Waals surface area contributed by atoms with Crippen molar-refractivity contribution in [2.45, 2.75) is 44.9 Å². The number of rotatable bonds is 0. The molecule has 0 aromatic rings. The molecule has 1 fully saturated rings. The van der Waals surface area contributed by atoms with Crippen molar-refractivity contribution < 1.29 is 26.2 Å². The van der Waals surface area contributed by atoms with Crippen LogP contribution in [0.15, 0.2) is 36.5 Å². The summed E-state index contributed by atoms with van der Waals surface area (Å²) in [5, 5.41) is 0. The molecule has 0 N–H and O–H groups in total. The van der Waals surface area contributed by atoms with Gasteiger partial charge in [0.25, 0.3) is 0 Å². The van der Waals surface area contributed by atoms with Crippen LogP contribution >= 0.6 is 24.8 Å². The summed E-state index contributed by atoms with van der Waals surface area (Å²) in [5.74, 6) is 0. The van der Waals surface area contributed by atoms with E-state index in [9.17, 15) is 0 Å². The molecule has 0 aliphatic heterocycles. The monoisotopic (exact) mass is 390 g/mol. The number of hydrogen-bond acceptors (Lipinski definition) is 0. The Morgan fingerprint density at radius 3 is 1.30 bits per heavy atom. The Morgan fingerprint density at radius 2 is 1.20 bits per heavy atom. The van der Waals surface area contributed by atoms with Crippen molar-refractivity contribution in [3.8, 4) is 0 Å². The van der Waals surface area contributed by atoms with Crippen molar-refractivity contribution in [3.63, 3.8) is 0 Å². The van der Waals surface area contributed by atoms with Crippen LogP contribution in [0.5, 0.6) is 0 Å². The van der Waals surface area contributed by atoms with Gasteiger partial charge in [0, 0.05) is 0 Å². The van der Waals surface area contributed by atoms with Gasteiger partial charge in [-0.15, -0.1) is 37.7 Å². The fraction of sp³-hybridized carbons (Fsp3) is 0.412. The molecule has 0 aromatic carbocycles. The Labute approximate surface area is 157 Å². The molecule has 0 unspecified atom stereocenters. The van der Waals surface area contributed by atoms with Crippen LogP contribution in [0.1, 0.15) is 44.9 Å². The maximum atomic E-state index is 2.99. The largest absolute Gasteiger partial charge is 4.00 e. The summed E-state index contributed by atoms with van der Waals surface area (Å²) >= 11 is 0. The third kappa shape index (κ3) is 20.7. The van der Waals surface area contributed by atoms with Crippen molar-refractivity contribution >= 4 is 24.8 Å². The van der Waals surface area contributed by atoms with E-state index in [0.717, 1.165) is 12.8 Å². The molecule has 20 heavy (non-hydrogen) atoms. The second-order valence-electron chi connectivity index (χ2n) is 3.93. The Bertz CT molecular complexity index is 211. The summed E-state index contributed by atoms with van der Waals surface area (Å²) in [7, 11) is 0. The van der Waals surface area contributed by atoms with Crippen LogP contribution in [-0.4, -0.2) is 0 Å². The molecular formula is C17H26Cl2Zr. The Hall–Kier alpha value is 0.423. The minimum Gasteiger partial charge on any atom is -0.358 e. The van der Waals surface area contributed by atoms with E-state index in [1.165, 1.54) is 32.1 Å². The molecule has 1 saturated carbocycles. The van der Waals surface area contributed by atoms with Gasteiger partial charge < -0.3 is 13.8 Å². The summed E-state index contributed by atoms with van der Waals surface area (Å²) in [5.41, 5.74) is 0. The normalized spacial score (nSPS) is 16.0. The third-order valence-electron chi connectivity index (χ3n) is 2.49. The Kier molecular flexibility index (Phi) is 34.9. The molecule has 0 atom stereocenters. The molecular weight excluding hydrogens is 366 g/mol. The van der Waals surface area contributed by atoms with E-state index in [1.54, 1.807) is 0 Å². The van der Waals surface area contributed by atoms with E-state index >= 15 is 0 Å². The smallest absolute Gasteiger partial charge is 0.358 e. The fourth-order valence-corrected chi connectivity index (χ4v) is 1.58. The zero-order chi connectivity index (χ0) is 11.3. The second kappa shape index (κ2) is 24.4. The minimum absolute atomic E-state index is 0. The van der Waals surface area contributed by atoms with Gasteiger partial charge in [0.15, 0.2) is 0 Å². The quantitative estimate of drug-likeness (QED) is 0.440. The van der Waals surface area contributed by atoms with Crippen LogP contribution in [0.25, 0.3) is 0 Å². The predicted octanol–water partition coefficient (Wildman–Crippen LogP) is 6.06. The molecule has 0 amide bonds. The van der Waals surface area contributed by atoms with E-state index in [-0.39, 0.29) is 58.4 Å². The predicted molar refractivity (Wildman–Crippen MR) is 91.4 cm³/mol. The molecule has 0 radical (unpaired) electrons. The van der Waals surface area contributed by atoms with Crippen molar-refractivity contribution in [1.29, 1.82) is 0 Å². The summed E-state index contributed by atoms with van der Waals surface area (Å²) < 4.78 is 0. The van der Waals surface area contributed by atoms with E-state index in [1.807, 2.05) is 24.3 Å². The molecule has 0 heterocycles. The summed E-state index contributed by atoms with van der Waals surface area (Å²) in [4.78, 5) is 0. The van der Waals surface area contributed by atoms with Crippen molar-refractivity contribution in [2.24, 2.45) is 0 Å². The van der Waals surface area contributed by atoms with Gasteiger partial charge in [0.05, 0.1) is 0 Å². The van der Waals surface area contributed by atoms with Crippen LogP contribution in [-0.2, 0) is 26.2 Å². The van der Waals surface area contributed by atoms with Gasteiger partial charge in [-0.2, -0.15) is 25.0 Å². The molecule has 0 nitrogen and oxygen atoms in total. The van der Waals surface area contributed by atoms with Gasteiger partial charge in [0.2, 0.25) is 0 Å². The first-order chi connectivity index (χ1) is 8.00. The SMILES string of the molecule is Cl.Cl.[C-]1=CC=CC1.[C-]1=CC=CC1.[CH-]1CCCCC1.[CH3-].[Zr+4].